The van der Waals surface area contributed by atoms with Crippen molar-refractivity contribution in [1.82, 2.24) is 4.98 Å². The Hall–Kier alpha value is -4.35. The number of aromatic nitrogens is 1. The molecule has 0 unspecified atom stereocenters. The highest BCUT2D eigenvalue weighted by Gasteiger charge is 2.21. The van der Waals surface area contributed by atoms with Crippen molar-refractivity contribution >= 4 is 23.0 Å². The van der Waals surface area contributed by atoms with Gasteiger partial charge in [-0.1, -0.05) is 18.2 Å². The quantitative estimate of drug-likeness (QED) is 0.360. The molecule has 3 rings (SSSR count). The number of hydrogen-bond donors (Lipinski definition) is 3. The number of rotatable bonds is 7. The van der Waals surface area contributed by atoms with Crippen LogP contribution in [-0.4, -0.2) is 18.0 Å². The van der Waals surface area contributed by atoms with Crippen LogP contribution in [0.25, 0.3) is 5.70 Å². The number of anilines is 2. The van der Waals surface area contributed by atoms with E-state index in [2.05, 4.69) is 16.4 Å². The predicted molar refractivity (Wildman–Crippen MR) is 134 cm³/mol. The summed E-state index contributed by atoms with van der Waals surface area (Å²) >= 11 is 0. The van der Waals surface area contributed by atoms with Crippen LogP contribution in [0.1, 0.15) is 40.9 Å². The first-order valence-corrected chi connectivity index (χ1v) is 10.6. The Labute approximate surface area is 199 Å². The van der Waals surface area contributed by atoms with Crippen LogP contribution in [0.2, 0.25) is 0 Å². The van der Waals surface area contributed by atoms with Gasteiger partial charge < -0.3 is 15.8 Å². The van der Waals surface area contributed by atoms with Crippen molar-refractivity contribution in [2.45, 2.75) is 26.2 Å². The second-order valence-corrected chi connectivity index (χ2v) is 8.38. The largest absolute Gasteiger partial charge is 0.495 e. The summed E-state index contributed by atoms with van der Waals surface area (Å²) in [6.07, 6.45) is 4.79. The van der Waals surface area contributed by atoms with Gasteiger partial charge in [0.25, 0.3) is 5.91 Å². The third-order valence-electron chi connectivity index (χ3n) is 5.43. The molecule has 0 aliphatic rings. The zero-order valence-electron chi connectivity index (χ0n) is 19.7. The molecule has 1 heterocycles. The predicted octanol–water partition coefficient (Wildman–Crippen LogP) is 4.09. The van der Waals surface area contributed by atoms with Crippen LogP contribution in [0.4, 0.5) is 11.4 Å². The van der Waals surface area contributed by atoms with E-state index in [4.69, 9.17) is 16.3 Å². The van der Waals surface area contributed by atoms with Crippen LogP contribution >= 0.6 is 0 Å². The Morgan fingerprint density at radius 1 is 1.18 bits per heavy atom. The zero-order valence-corrected chi connectivity index (χ0v) is 19.7. The maximum Gasteiger partial charge on any atom is 0.255 e. The van der Waals surface area contributed by atoms with E-state index in [-0.39, 0.29) is 5.91 Å². The molecule has 34 heavy (non-hydrogen) atoms. The van der Waals surface area contributed by atoms with Crippen molar-refractivity contribution in [2.75, 3.05) is 17.4 Å². The van der Waals surface area contributed by atoms with Gasteiger partial charge in [-0.25, -0.2) is 5.84 Å². The van der Waals surface area contributed by atoms with Gasteiger partial charge in [0, 0.05) is 29.2 Å². The number of aryl methyl sites for hydroxylation is 1. The van der Waals surface area contributed by atoms with Crippen molar-refractivity contribution in [1.29, 1.82) is 5.26 Å². The number of carbonyl (C=O) groups excluding carboxylic acids is 1. The van der Waals surface area contributed by atoms with Gasteiger partial charge in [0.2, 0.25) is 0 Å². The van der Waals surface area contributed by atoms with E-state index in [0.29, 0.717) is 33.9 Å². The van der Waals surface area contributed by atoms with E-state index < -0.39 is 5.41 Å². The number of hydrogen-bond acceptors (Lipinski definition) is 7. The molecule has 174 valence electrons. The summed E-state index contributed by atoms with van der Waals surface area (Å²) in [4.78, 5) is 17.0. The van der Waals surface area contributed by atoms with Crippen LogP contribution in [0.15, 0.2) is 67.1 Å². The van der Waals surface area contributed by atoms with Crippen molar-refractivity contribution in [3.63, 3.8) is 0 Å². The summed E-state index contributed by atoms with van der Waals surface area (Å²) in [5, 5.41) is 13.7. The van der Waals surface area contributed by atoms with Gasteiger partial charge in [0.1, 0.15) is 5.75 Å². The summed E-state index contributed by atoms with van der Waals surface area (Å²) in [5.74, 6) is 6.58. The molecule has 8 heteroatoms. The van der Waals surface area contributed by atoms with Gasteiger partial charge in [-0.2, -0.15) is 5.26 Å². The molecule has 0 aliphatic heterocycles. The minimum atomic E-state index is -0.697. The average Bonchev–Trinajstić information content (AvgIpc) is 2.85. The fourth-order valence-corrected chi connectivity index (χ4v) is 3.26. The summed E-state index contributed by atoms with van der Waals surface area (Å²) in [5.41, 5.74) is 9.94. The van der Waals surface area contributed by atoms with Gasteiger partial charge in [0.05, 0.1) is 36.2 Å². The van der Waals surface area contributed by atoms with Crippen LogP contribution in [0.5, 0.6) is 5.75 Å². The molecular formula is C26H28N6O2. The molecule has 0 atom stereocenters. The monoisotopic (exact) mass is 456 g/mol. The fraction of sp³-hybridized carbons (Fsp3) is 0.192. The lowest BCUT2D eigenvalue weighted by Gasteiger charge is -2.19. The third-order valence-corrected chi connectivity index (χ3v) is 5.43. The molecule has 2 aromatic carbocycles. The number of pyridine rings is 1. The Balaban J connectivity index is 1.83. The number of amides is 1. The zero-order chi connectivity index (χ0) is 24.9. The number of methoxy groups -OCH3 is 1. The maximum absolute atomic E-state index is 12.9. The number of ether oxygens (including phenoxy) is 1. The summed E-state index contributed by atoms with van der Waals surface area (Å²) in [6, 6.07) is 16.5. The summed E-state index contributed by atoms with van der Waals surface area (Å²) in [6.45, 7) is 5.53. The minimum Gasteiger partial charge on any atom is -0.495 e. The number of nitrogens with two attached hydrogens (primary N) is 2. The number of hydrazine groups is 1. The Bertz CT molecular complexity index is 1280. The molecule has 3 aromatic rings. The number of carbonyl (C=O) groups is 1. The molecule has 0 saturated carbocycles. The summed E-state index contributed by atoms with van der Waals surface area (Å²) < 4.78 is 5.19. The maximum atomic E-state index is 12.9. The topological polar surface area (TPSA) is 130 Å². The Morgan fingerprint density at radius 2 is 1.94 bits per heavy atom. The average molecular weight is 457 g/mol. The van der Waals surface area contributed by atoms with Crippen molar-refractivity contribution in [3.8, 4) is 11.8 Å². The van der Waals surface area contributed by atoms with Crippen molar-refractivity contribution < 1.29 is 9.53 Å². The molecule has 0 aliphatic carbocycles. The first-order chi connectivity index (χ1) is 16.1. The number of benzene rings is 2. The molecule has 5 N–H and O–H groups in total. The highest BCUT2D eigenvalue weighted by atomic mass is 16.5. The van der Waals surface area contributed by atoms with E-state index in [1.165, 1.54) is 5.01 Å². The van der Waals surface area contributed by atoms with E-state index >= 15 is 0 Å². The summed E-state index contributed by atoms with van der Waals surface area (Å²) in [7, 11) is 1.56. The first kappa shape index (κ1) is 24.3. The lowest BCUT2D eigenvalue weighted by Crippen LogP contribution is -2.26. The van der Waals surface area contributed by atoms with E-state index in [1.54, 1.807) is 62.1 Å². The lowest BCUT2D eigenvalue weighted by molar-refractivity contribution is 0.102. The molecule has 1 aromatic heterocycles. The van der Waals surface area contributed by atoms with Gasteiger partial charge >= 0.3 is 0 Å². The van der Waals surface area contributed by atoms with E-state index in [0.717, 1.165) is 11.1 Å². The van der Waals surface area contributed by atoms with Crippen molar-refractivity contribution in [2.24, 2.45) is 11.6 Å². The second-order valence-electron chi connectivity index (χ2n) is 8.38. The fourth-order valence-electron chi connectivity index (χ4n) is 3.26. The van der Waals surface area contributed by atoms with Gasteiger partial charge in [-0.15, -0.1) is 0 Å². The Morgan fingerprint density at radius 3 is 2.65 bits per heavy atom. The van der Waals surface area contributed by atoms with Gasteiger partial charge in [0.15, 0.2) is 0 Å². The number of nitriles is 1. The SMILES string of the molecule is COc1cncc(/C(N)=C/N(N)c2cc(NC(=O)c3cccc(C(C)(C)C#N)c3)ccc2C)c1. The standard InChI is InChI=1S/C26H28N6O2/c1-17-8-9-21(31-25(33)18-6-5-7-20(10-18)26(2,3)16-27)12-24(17)32(29)15-23(28)19-11-22(34-4)14-30-13-19/h5-15H,28-29H2,1-4H3,(H,31,33)/b23-15-. The van der Waals surface area contributed by atoms with Crippen LogP contribution < -0.4 is 26.6 Å². The molecular weight excluding hydrogens is 428 g/mol. The smallest absolute Gasteiger partial charge is 0.255 e. The van der Waals surface area contributed by atoms with Crippen LogP contribution in [-0.2, 0) is 5.41 Å². The second kappa shape index (κ2) is 10.1. The van der Waals surface area contributed by atoms with Crippen LogP contribution in [0, 0.1) is 18.3 Å². The molecule has 0 radical (unpaired) electrons. The van der Waals surface area contributed by atoms with E-state index in [1.807, 2.05) is 32.9 Å². The van der Waals surface area contributed by atoms with Crippen LogP contribution in [0.3, 0.4) is 0 Å². The minimum absolute atomic E-state index is 0.286. The number of nitrogens with zero attached hydrogens (tertiary/aromatic N) is 3. The molecule has 8 nitrogen and oxygen atoms in total. The van der Waals surface area contributed by atoms with Crippen molar-refractivity contribution in [3.05, 3.63) is 89.4 Å². The molecule has 0 saturated heterocycles. The molecule has 0 bridgehead atoms. The normalized spacial score (nSPS) is 11.5. The van der Waals surface area contributed by atoms with Gasteiger partial charge in [-0.3, -0.25) is 14.8 Å². The molecule has 0 spiro atoms. The molecule has 0 fully saturated rings. The first-order valence-electron chi connectivity index (χ1n) is 10.6. The molecule has 1 amide bonds. The van der Waals surface area contributed by atoms with E-state index in [9.17, 15) is 10.1 Å². The Kier molecular flexibility index (Phi) is 7.19. The highest BCUT2D eigenvalue weighted by molar-refractivity contribution is 6.04. The van der Waals surface area contributed by atoms with Gasteiger partial charge in [-0.05, 0) is 62.2 Å². The lowest BCUT2D eigenvalue weighted by atomic mass is 9.85. The highest BCUT2D eigenvalue weighted by Crippen LogP contribution is 2.26. The third kappa shape index (κ3) is 5.52. The number of nitrogens with one attached hydrogen (secondary N) is 1.